The number of hydrogen-bond donors (Lipinski definition) is 7. The molecule has 0 amide bonds. The number of aryl methyl sites for hydroxylation is 1. The van der Waals surface area contributed by atoms with Crippen LogP contribution in [0.25, 0.3) is 11.2 Å². The summed E-state index contributed by atoms with van der Waals surface area (Å²) in [4.78, 5) is 43.7. The molecule has 1 aliphatic rings. The lowest BCUT2D eigenvalue weighted by Gasteiger charge is -2.20. The zero-order valence-corrected chi connectivity index (χ0v) is 17.8. The zero-order chi connectivity index (χ0) is 23.4. The van der Waals surface area contributed by atoms with Gasteiger partial charge in [-0.1, -0.05) is 0 Å². The van der Waals surface area contributed by atoms with E-state index in [1.165, 1.54) is 17.9 Å². The fourth-order valence-corrected chi connectivity index (χ4v) is 5.67. The molecule has 7 N–H and O–H groups in total. The van der Waals surface area contributed by atoms with Crippen molar-refractivity contribution in [3.8, 4) is 0 Å². The standard InChI is InChI=1S/C10H16N5O13P3/c1-14-2-13-8-4(7(14)11)12-3-15(8)9-5(16)6(17)10(25-9)26-30(21,22)28-31(23,24)27-29(18,19)20/h2-3,5-6,9-11,16-17H,1H3,(H,21,22)(H,23,24)(H2,18,19,20). The lowest BCUT2D eigenvalue weighted by atomic mass is 10.2. The highest BCUT2D eigenvalue weighted by Crippen LogP contribution is 2.66. The molecule has 21 heteroatoms. The summed E-state index contributed by atoms with van der Waals surface area (Å²) in [5.41, 5.74) is 0.117. The van der Waals surface area contributed by atoms with Gasteiger partial charge in [0.05, 0.1) is 12.7 Å². The Bertz CT molecular complexity index is 1190. The summed E-state index contributed by atoms with van der Waals surface area (Å²) < 4.78 is 53.1. The number of hydrogen-bond acceptors (Lipinski definition) is 12. The lowest BCUT2D eigenvalue weighted by Crippen LogP contribution is -2.32. The van der Waals surface area contributed by atoms with Crippen LogP contribution in [0.1, 0.15) is 6.23 Å². The van der Waals surface area contributed by atoms with Gasteiger partial charge in [0.15, 0.2) is 23.7 Å². The van der Waals surface area contributed by atoms with Crippen molar-refractivity contribution in [1.82, 2.24) is 19.1 Å². The van der Waals surface area contributed by atoms with Gasteiger partial charge < -0.3 is 39.1 Å². The van der Waals surface area contributed by atoms with E-state index in [4.69, 9.17) is 24.8 Å². The number of aromatic nitrogens is 4. The minimum Gasteiger partial charge on any atom is -0.385 e. The summed E-state index contributed by atoms with van der Waals surface area (Å²) in [5.74, 6) is 0. The molecule has 0 aromatic carbocycles. The molecular formula is C10H16N5O13P3. The van der Waals surface area contributed by atoms with Crippen molar-refractivity contribution in [3.05, 3.63) is 18.1 Å². The summed E-state index contributed by atoms with van der Waals surface area (Å²) in [7, 11) is -15.5. The number of phosphoric acid groups is 3. The number of rotatable bonds is 7. The summed E-state index contributed by atoms with van der Waals surface area (Å²) in [6.45, 7) is 0. The van der Waals surface area contributed by atoms with Crippen LogP contribution < -0.4 is 5.49 Å². The second kappa shape index (κ2) is 8.20. The Hall–Kier alpha value is -1.36. The van der Waals surface area contributed by atoms with E-state index in [1.807, 2.05) is 0 Å². The van der Waals surface area contributed by atoms with Gasteiger partial charge in [0.2, 0.25) is 0 Å². The van der Waals surface area contributed by atoms with E-state index in [-0.39, 0.29) is 16.7 Å². The molecule has 0 bridgehead atoms. The maximum atomic E-state index is 11.9. The molecule has 3 heterocycles. The molecular weight excluding hydrogens is 491 g/mol. The Kier molecular flexibility index (Phi) is 6.43. The molecule has 2 aromatic heterocycles. The summed E-state index contributed by atoms with van der Waals surface area (Å²) in [6.07, 6.45) is -5.01. The summed E-state index contributed by atoms with van der Waals surface area (Å²) in [6, 6.07) is 0. The van der Waals surface area contributed by atoms with Crippen LogP contribution in [-0.4, -0.2) is 67.4 Å². The normalized spacial score (nSPS) is 28.5. The highest BCUT2D eigenvalue weighted by atomic mass is 31.3. The molecule has 0 saturated carbocycles. The maximum absolute atomic E-state index is 11.9. The molecule has 6 unspecified atom stereocenters. The first-order valence-corrected chi connectivity index (χ1v) is 12.4. The number of fused-ring (bicyclic) bond motifs is 1. The van der Waals surface area contributed by atoms with Gasteiger partial charge in [0.1, 0.15) is 17.7 Å². The number of phosphoric ester groups is 1. The third kappa shape index (κ3) is 5.35. The third-order valence-corrected chi connectivity index (χ3v) is 7.62. The second-order valence-corrected chi connectivity index (χ2v) is 10.5. The van der Waals surface area contributed by atoms with Crippen LogP contribution in [0.5, 0.6) is 0 Å². The van der Waals surface area contributed by atoms with Gasteiger partial charge in [-0.3, -0.25) is 14.5 Å². The highest BCUT2D eigenvalue weighted by molar-refractivity contribution is 7.66. The molecule has 0 aliphatic carbocycles. The van der Waals surface area contributed by atoms with Gasteiger partial charge in [0.25, 0.3) is 0 Å². The molecule has 1 saturated heterocycles. The van der Waals surface area contributed by atoms with E-state index >= 15 is 0 Å². The van der Waals surface area contributed by atoms with Crippen LogP contribution in [0.15, 0.2) is 12.7 Å². The van der Waals surface area contributed by atoms with E-state index in [9.17, 15) is 28.8 Å². The summed E-state index contributed by atoms with van der Waals surface area (Å²) in [5, 5.41) is 28.2. The first-order chi connectivity index (χ1) is 14.1. The van der Waals surface area contributed by atoms with Crippen LogP contribution in [-0.2, 0) is 38.6 Å². The van der Waals surface area contributed by atoms with Gasteiger partial charge in [-0.2, -0.15) is 8.62 Å². The van der Waals surface area contributed by atoms with Gasteiger partial charge >= 0.3 is 23.5 Å². The summed E-state index contributed by atoms with van der Waals surface area (Å²) >= 11 is 0. The van der Waals surface area contributed by atoms with Crippen molar-refractivity contribution in [3.63, 3.8) is 0 Å². The molecule has 0 radical (unpaired) electrons. The van der Waals surface area contributed by atoms with Crippen molar-refractivity contribution >= 4 is 34.6 Å². The largest absolute Gasteiger partial charge is 0.490 e. The molecule has 6 atom stereocenters. The quantitative estimate of drug-likeness (QED) is 0.203. The van der Waals surface area contributed by atoms with E-state index in [0.29, 0.717) is 0 Å². The fraction of sp³-hybridized carbons (Fsp3) is 0.500. The number of nitrogens with zero attached hydrogens (tertiary/aromatic N) is 4. The Balaban J connectivity index is 1.80. The Morgan fingerprint density at radius 2 is 1.68 bits per heavy atom. The predicted molar refractivity (Wildman–Crippen MR) is 93.2 cm³/mol. The highest BCUT2D eigenvalue weighted by Gasteiger charge is 2.50. The molecule has 174 valence electrons. The minimum absolute atomic E-state index is 0.0402. The van der Waals surface area contributed by atoms with E-state index in [2.05, 4.69) is 23.1 Å². The van der Waals surface area contributed by atoms with Crippen molar-refractivity contribution in [2.24, 2.45) is 7.05 Å². The fourth-order valence-electron chi connectivity index (χ4n) is 2.58. The second-order valence-electron chi connectivity index (χ2n) is 6.10. The van der Waals surface area contributed by atoms with Crippen LogP contribution >= 0.6 is 23.5 Å². The Labute approximate surface area is 171 Å². The van der Waals surface area contributed by atoms with E-state index < -0.39 is 48.2 Å². The lowest BCUT2D eigenvalue weighted by molar-refractivity contribution is -0.133. The maximum Gasteiger partial charge on any atom is 0.490 e. The monoisotopic (exact) mass is 507 g/mol. The van der Waals surface area contributed by atoms with Gasteiger partial charge in [-0.25, -0.2) is 23.7 Å². The van der Waals surface area contributed by atoms with Crippen molar-refractivity contribution in [1.29, 1.82) is 5.41 Å². The van der Waals surface area contributed by atoms with Crippen LogP contribution in [0, 0.1) is 5.41 Å². The molecule has 18 nitrogen and oxygen atoms in total. The van der Waals surface area contributed by atoms with Crippen LogP contribution in [0.2, 0.25) is 0 Å². The van der Waals surface area contributed by atoms with Gasteiger partial charge in [0, 0.05) is 7.05 Å². The van der Waals surface area contributed by atoms with Gasteiger partial charge in [-0.15, -0.1) is 0 Å². The predicted octanol–water partition coefficient (Wildman–Crippen LogP) is -1.83. The van der Waals surface area contributed by atoms with Crippen LogP contribution in [0.4, 0.5) is 0 Å². The van der Waals surface area contributed by atoms with Crippen LogP contribution in [0.3, 0.4) is 0 Å². The molecule has 2 aromatic rings. The van der Waals surface area contributed by atoms with Gasteiger partial charge in [-0.05, 0) is 0 Å². The Morgan fingerprint density at radius 1 is 1.03 bits per heavy atom. The molecule has 31 heavy (non-hydrogen) atoms. The number of aliphatic hydroxyl groups is 2. The Morgan fingerprint density at radius 3 is 2.29 bits per heavy atom. The van der Waals surface area contributed by atoms with Crippen molar-refractivity contribution < 1.29 is 61.4 Å². The first kappa shape index (κ1) is 24.3. The molecule has 0 spiro atoms. The number of aliphatic hydroxyl groups excluding tert-OH is 2. The van der Waals surface area contributed by atoms with Crippen molar-refractivity contribution in [2.75, 3.05) is 0 Å². The number of ether oxygens (including phenoxy) is 1. The smallest absolute Gasteiger partial charge is 0.385 e. The molecule has 1 fully saturated rings. The van der Waals surface area contributed by atoms with Crippen molar-refractivity contribution in [2.45, 2.75) is 24.7 Å². The minimum atomic E-state index is -5.78. The topological polar surface area (TPSA) is 269 Å². The molecule has 1 aliphatic heterocycles. The molecule has 3 rings (SSSR count). The number of nitrogens with one attached hydrogen (secondary N) is 1. The third-order valence-electron chi connectivity index (χ3n) is 3.82. The average molecular weight is 507 g/mol. The van der Waals surface area contributed by atoms with E-state index in [1.54, 1.807) is 0 Å². The zero-order valence-electron chi connectivity index (χ0n) is 15.1. The first-order valence-electron chi connectivity index (χ1n) is 7.87. The number of imidazole rings is 1. The van der Waals surface area contributed by atoms with E-state index in [0.717, 1.165) is 10.9 Å². The average Bonchev–Trinajstić information content (AvgIpc) is 3.11. The SMILES string of the molecule is Cn1cnc2c(ncn2C2OC(OP(=O)(O)OP(=O)(O)OP(=O)(O)O)C(O)C2O)c1=N.